The Kier molecular flexibility index (Phi) is 7.13. The van der Waals surface area contributed by atoms with E-state index >= 15 is 0 Å². The van der Waals surface area contributed by atoms with Crippen LogP contribution in [0.1, 0.15) is 27.7 Å². The minimum atomic E-state index is -0.402. The Morgan fingerprint density at radius 3 is 1.38 bits per heavy atom. The van der Waals surface area contributed by atoms with Crippen molar-refractivity contribution < 1.29 is 9.31 Å². The van der Waals surface area contributed by atoms with E-state index in [9.17, 15) is 0 Å². The molecule has 0 aromatic heterocycles. The Morgan fingerprint density at radius 2 is 0.766 bits per heavy atom. The Hall–Kier alpha value is -4.96. The normalized spacial score (nSPS) is 15.4. The van der Waals surface area contributed by atoms with Crippen LogP contribution in [0.15, 0.2) is 152 Å². The van der Waals surface area contributed by atoms with Crippen LogP contribution >= 0.6 is 0 Å². The van der Waals surface area contributed by atoms with Gasteiger partial charge in [0.15, 0.2) is 0 Å². The highest BCUT2D eigenvalue weighted by atomic mass is 16.7. The van der Waals surface area contributed by atoms with Crippen molar-refractivity contribution in [1.29, 1.82) is 0 Å². The van der Waals surface area contributed by atoms with Gasteiger partial charge in [-0.1, -0.05) is 133 Å². The van der Waals surface area contributed by atoms with Gasteiger partial charge in [0.2, 0.25) is 0 Å². The van der Waals surface area contributed by atoms with Gasteiger partial charge in [-0.3, -0.25) is 0 Å². The third-order valence-corrected chi connectivity index (χ3v) is 10.1. The molecule has 1 saturated heterocycles. The highest BCUT2D eigenvalue weighted by molar-refractivity contribution is 6.63. The molecule has 1 fully saturated rings. The third kappa shape index (κ3) is 5.36. The number of benzene rings is 7. The van der Waals surface area contributed by atoms with E-state index in [0.29, 0.717) is 0 Å². The summed E-state index contributed by atoms with van der Waals surface area (Å²) in [6.07, 6.45) is 0. The summed E-state index contributed by atoms with van der Waals surface area (Å²) in [4.78, 5) is 0. The van der Waals surface area contributed by atoms with Crippen LogP contribution in [-0.2, 0) is 9.31 Å². The van der Waals surface area contributed by atoms with Gasteiger partial charge in [-0.25, -0.2) is 0 Å². The fourth-order valence-corrected chi connectivity index (χ4v) is 6.71. The van der Waals surface area contributed by atoms with Crippen molar-refractivity contribution in [2.45, 2.75) is 38.9 Å². The smallest absolute Gasteiger partial charge is 0.399 e. The predicted octanol–water partition coefficient (Wildman–Crippen LogP) is 11.0. The molecule has 1 aliphatic rings. The van der Waals surface area contributed by atoms with Crippen molar-refractivity contribution in [2.24, 2.45) is 0 Å². The summed E-state index contributed by atoms with van der Waals surface area (Å²) in [5, 5.41) is 4.97. The lowest BCUT2D eigenvalue weighted by molar-refractivity contribution is 0.00578. The van der Waals surface area contributed by atoms with Gasteiger partial charge in [0, 0.05) is 0 Å². The van der Waals surface area contributed by atoms with Crippen LogP contribution in [0.25, 0.3) is 66.1 Å². The Labute approximate surface area is 277 Å². The minimum absolute atomic E-state index is 0.383. The van der Waals surface area contributed by atoms with Crippen molar-refractivity contribution in [1.82, 2.24) is 0 Å². The average molecular weight is 609 g/mol. The summed E-state index contributed by atoms with van der Waals surface area (Å²) in [5.74, 6) is 0. The molecular weight excluding hydrogens is 571 g/mol. The Bertz CT molecular complexity index is 2250. The first-order chi connectivity index (χ1) is 22.8. The Morgan fingerprint density at radius 1 is 0.362 bits per heavy atom. The highest BCUT2D eigenvalue weighted by Crippen LogP contribution is 2.38. The van der Waals surface area contributed by atoms with Crippen LogP contribution in [-0.4, -0.2) is 18.3 Å². The van der Waals surface area contributed by atoms with Crippen molar-refractivity contribution in [3.8, 4) is 44.5 Å². The maximum Gasteiger partial charge on any atom is 0.495 e. The second kappa shape index (κ2) is 11.4. The van der Waals surface area contributed by atoms with Gasteiger partial charge in [0.25, 0.3) is 0 Å². The van der Waals surface area contributed by atoms with E-state index < -0.39 is 7.12 Å². The fraction of sp³-hybridized carbons (Fsp3) is 0.136. The van der Waals surface area contributed by atoms with Crippen LogP contribution in [0.2, 0.25) is 0 Å². The van der Waals surface area contributed by atoms with Crippen LogP contribution in [0.4, 0.5) is 0 Å². The monoisotopic (exact) mass is 608 g/mol. The topological polar surface area (TPSA) is 18.5 Å². The second-order valence-corrected chi connectivity index (χ2v) is 13.6. The largest absolute Gasteiger partial charge is 0.495 e. The van der Waals surface area contributed by atoms with E-state index in [2.05, 4.69) is 179 Å². The molecular formula is C44H37BO2. The van der Waals surface area contributed by atoms with Crippen LogP contribution in [0.5, 0.6) is 0 Å². The van der Waals surface area contributed by atoms with Crippen LogP contribution in [0.3, 0.4) is 0 Å². The quantitative estimate of drug-likeness (QED) is 0.181. The molecule has 0 atom stereocenters. The highest BCUT2D eigenvalue weighted by Gasteiger charge is 2.52. The zero-order valence-electron chi connectivity index (χ0n) is 27.3. The number of hydrogen-bond acceptors (Lipinski definition) is 2. The molecule has 228 valence electrons. The van der Waals surface area contributed by atoms with E-state index in [1.165, 1.54) is 54.9 Å². The first kappa shape index (κ1) is 29.4. The number of hydrogen-bond donors (Lipinski definition) is 0. The van der Waals surface area contributed by atoms with E-state index in [-0.39, 0.29) is 11.2 Å². The van der Waals surface area contributed by atoms with Gasteiger partial charge < -0.3 is 9.31 Å². The first-order valence-corrected chi connectivity index (χ1v) is 16.4. The maximum atomic E-state index is 6.40. The molecule has 0 saturated carbocycles. The zero-order chi connectivity index (χ0) is 32.2. The van der Waals surface area contributed by atoms with Crippen LogP contribution < -0.4 is 5.46 Å². The average Bonchev–Trinajstić information content (AvgIpc) is 3.33. The van der Waals surface area contributed by atoms with Crippen LogP contribution in [0, 0.1) is 0 Å². The summed E-state index contributed by atoms with van der Waals surface area (Å²) < 4.78 is 12.8. The van der Waals surface area contributed by atoms with Gasteiger partial charge in [0.1, 0.15) is 0 Å². The lowest BCUT2D eigenvalue weighted by atomic mass is 9.74. The zero-order valence-corrected chi connectivity index (χ0v) is 27.3. The van der Waals surface area contributed by atoms with E-state index in [1.54, 1.807) is 0 Å². The molecule has 8 rings (SSSR count). The van der Waals surface area contributed by atoms with Gasteiger partial charge in [-0.15, -0.1) is 0 Å². The molecule has 7 aromatic rings. The molecule has 1 aliphatic heterocycles. The summed E-state index contributed by atoms with van der Waals surface area (Å²) in [7, 11) is -0.402. The lowest BCUT2D eigenvalue weighted by Crippen LogP contribution is -2.41. The molecule has 3 heteroatoms. The molecule has 0 amide bonds. The molecule has 0 bridgehead atoms. The van der Waals surface area contributed by atoms with Gasteiger partial charge in [0.05, 0.1) is 11.2 Å². The predicted molar refractivity (Wildman–Crippen MR) is 199 cm³/mol. The molecule has 2 nitrogen and oxygen atoms in total. The maximum absolute atomic E-state index is 6.40. The fourth-order valence-electron chi connectivity index (χ4n) is 6.71. The van der Waals surface area contributed by atoms with Crippen molar-refractivity contribution in [3.63, 3.8) is 0 Å². The summed E-state index contributed by atoms with van der Waals surface area (Å²) in [6.45, 7) is 8.39. The number of rotatable bonds is 5. The van der Waals surface area contributed by atoms with Gasteiger partial charge in [-0.05, 0) is 117 Å². The summed E-state index contributed by atoms with van der Waals surface area (Å²) in [6, 6.07) is 54.8. The van der Waals surface area contributed by atoms with Crippen molar-refractivity contribution >= 4 is 34.1 Å². The molecule has 0 radical (unpaired) electrons. The van der Waals surface area contributed by atoms with Gasteiger partial charge >= 0.3 is 7.12 Å². The molecule has 0 aliphatic carbocycles. The molecule has 7 aromatic carbocycles. The standard InChI is InChI=1S/C44H37BO2/c1-43(2)44(3,4)47-45(46-43)42-16-10-9-15-41(42)32-20-17-31(18-21-32)34-22-23-36-29-38(26-24-35(36)27-34)40-14-8-7-13-39(40)37-25-19-30-11-5-6-12-33(30)28-37/h5-29H,1-4H3. The molecule has 47 heavy (non-hydrogen) atoms. The van der Waals surface area contributed by atoms with E-state index in [0.717, 1.165) is 16.6 Å². The summed E-state index contributed by atoms with van der Waals surface area (Å²) in [5.41, 5.74) is 9.90. The molecule has 0 unspecified atom stereocenters. The number of fused-ring (bicyclic) bond motifs is 2. The second-order valence-electron chi connectivity index (χ2n) is 13.6. The lowest BCUT2D eigenvalue weighted by Gasteiger charge is -2.32. The molecule has 0 N–H and O–H groups in total. The van der Waals surface area contributed by atoms with E-state index in [4.69, 9.17) is 9.31 Å². The summed E-state index contributed by atoms with van der Waals surface area (Å²) >= 11 is 0. The SMILES string of the molecule is CC1(C)OB(c2ccccc2-c2ccc(-c3ccc4cc(-c5ccccc5-c5ccc6ccccc6c5)ccc4c3)cc2)OC1(C)C. The third-order valence-electron chi connectivity index (χ3n) is 10.1. The minimum Gasteiger partial charge on any atom is -0.399 e. The van der Waals surface area contributed by atoms with Crippen molar-refractivity contribution in [2.75, 3.05) is 0 Å². The Balaban J connectivity index is 1.08. The first-order valence-electron chi connectivity index (χ1n) is 16.4. The van der Waals surface area contributed by atoms with Gasteiger partial charge in [-0.2, -0.15) is 0 Å². The molecule has 1 heterocycles. The van der Waals surface area contributed by atoms with Crippen molar-refractivity contribution in [3.05, 3.63) is 152 Å². The molecule has 0 spiro atoms. The van der Waals surface area contributed by atoms with E-state index in [1.807, 2.05) is 0 Å².